The van der Waals surface area contributed by atoms with Crippen LogP contribution < -0.4 is 9.46 Å². The lowest BCUT2D eigenvalue weighted by Crippen LogP contribution is -2.15. The molecule has 0 aromatic heterocycles. The minimum atomic E-state index is -3.93. The lowest BCUT2D eigenvalue weighted by atomic mass is 10.2. The topological polar surface area (TPSA) is 79.2 Å². The van der Waals surface area contributed by atoms with Crippen molar-refractivity contribution in [3.8, 4) is 11.8 Å². The van der Waals surface area contributed by atoms with Crippen LogP contribution in [-0.4, -0.2) is 15.5 Å². The summed E-state index contributed by atoms with van der Waals surface area (Å²) in [4.78, 5) is -0.101. The molecule has 7 heteroatoms. The third kappa shape index (κ3) is 3.16. The van der Waals surface area contributed by atoms with Gasteiger partial charge in [0.15, 0.2) is 0 Å². The highest BCUT2D eigenvalue weighted by molar-refractivity contribution is 7.92. The Morgan fingerprint density at radius 2 is 1.95 bits per heavy atom. The number of hydrogen-bond donors (Lipinski definition) is 1. The number of methoxy groups -OCH3 is 1. The molecular weight excluding hydrogens is 324 g/mol. The van der Waals surface area contributed by atoms with Crippen molar-refractivity contribution in [2.24, 2.45) is 0 Å². The zero-order valence-corrected chi connectivity index (χ0v) is 13.5. The van der Waals surface area contributed by atoms with E-state index in [0.29, 0.717) is 10.8 Å². The number of nitrogens with zero attached hydrogens (tertiary/aromatic N) is 1. The molecule has 0 amide bonds. The van der Waals surface area contributed by atoms with Gasteiger partial charge in [-0.15, -0.1) is 0 Å². The van der Waals surface area contributed by atoms with Crippen LogP contribution in [-0.2, 0) is 10.0 Å². The van der Waals surface area contributed by atoms with E-state index in [1.807, 2.05) is 6.07 Å². The van der Waals surface area contributed by atoms with Gasteiger partial charge >= 0.3 is 0 Å². The Morgan fingerprint density at radius 3 is 2.59 bits per heavy atom. The second-order valence-corrected chi connectivity index (χ2v) is 6.57. The number of ether oxygens (including phenoxy) is 1. The van der Waals surface area contributed by atoms with E-state index in [1.165, 1.54) is 25.3 Å². The molecule has 22 heavy (non-hydrogen) atoms. The number of aryl methyl sites for hydroxylation is 1. The Balaban J connectivity index is 2.50. The molecule has 0 atom stereocenters. The minimum Gasteiger partial charge on any atom is -0.495 e. The zero-order chi connectivity index (χ0) is 16.3. The van der Waals surface area contributed by atoms with Crippen LogP contribution in [0.3, 0.4) is 0 Å². The molecule has 1 N–H and O–H groups in total. The first-order valence-electron chi connectivity index (χ1n) is 6.25. The van der Waals surface area contributed by atoms with Crippen molar-refractivity contribution in [1.29, 1.82) is 5.26 Å². The van der Waals surface area contributed by atoms with Gasteiger partial charge in [-0.25, -0.2) is 8.42 Å². The third-order valence-corrected chi connectivity index (χ3v) is 4.85. The molecule has 5 nitrogen and oxygen atoms in total. The third-order valence-electron chi connectivity index (χ3n) is 3.02. The monoisotopic (exact) mass is 336 g/mol. The fourth-order valence-corrected chi connectivity index (χ4v) is 3.28. The summed E-state index contributed by atoms with van der Waals surface area (Å²) >= 11 is 6.03. The van der Waals surface area contributed by atoms with Crippen molar-refractivity contribution in [1.82, 2.24) is 0 Å². The van der Waals surface area contributed by atoms with Gasteiger partial charge in [-0.05, 0) is 36.8 Å². The molecule has 0 heterocycles. The molecule has 0 saturated heterocycles. The highest BCUT2D eigenvalue weighted by Gasteiger charge is 2.20. The van der Waals surface area contributed by atoms with Crippen LogP contribution in [0.25, 0.3) is 0 Å². The average Bonchev–Trinajstić information content (AvgIpc) is 2.50. The number of anilines is 1. The molecule has 0 aliphatic rings. The molecule has 2 aromatic carbocycles. The normalized spacial score (nSPS) is 10.8. The van der Waals surface area contributed by atoms with Gasteiger partial charge in [0, 0.05) is 5.02 Å². The highest BCUT2D eigenvalue weighted by atomic mass is 35.5. The largest absolute Gasteiger partial charge is 0.495 e. The van der Waals surface area contributed by atoms with E-state index in [1.54, 1.807) is 25.1 Å². The Morgan fingerprint density at radius 1 is 1.27 bits per heavy atom. The van der Waals surface area contributed by atoms with Crippen molar-refractivity contribution < 1.29 is 13.2 Å². The second-order valence-electron chi connectivity index (χ2n) is 4.52. The number of rotatable bonds is 4. The van der Waals surface area contributed by atoms with Crippen LogP contribution in [0.5, 0.6) is 5.75 Å². The number of hydrogen-bond acceptors (Lipinski definition) is 4. The number of benzene rings is 2. The van der Waals surface area contributed by atoms with E-state index in [2.05, 4.69) is 4.72 Å². The summed E-state index contributed by atoms with van der Waals surface area (Å²) in [6.07, 6.45) is 0. The number of sulfonamides is 1. The summed E-state index contributed by atoms with van der Waals surface area (Å²) < 4.78 is 32.5. The van der Waals surface area contributed by atoms with E-state index >= 15 is 0 Å². The first kappa shape index (κ1) is 16.1. The van der Waals surface area contributed by atoms with E-state index in [0.717, 1.165) is 5.56 Å². The summed E-state index contributed by atoms with van der Waals surface area (Å²) in [5, 5.41) is 9.45. The smallest absolute Gasteiger partial charge is 0.263 e. The summed E-state index contributed by atoms with van der Waals surface area (Å²) in [5.41, 5.74) is 1.04. The number of nitriles is 1. The summed E-state index contributed by atoms with van der Waals surface area (Å²) in [7, 11) is -2.50. The number of nitrogens with one attached hydrogen (secondary N) is 1. The molecular formula is C15H13ClN2O3S. The molecule has 0 bridgehead atoms. The van der Waals surface area contributed by atoms with Crippen LogP contribution in [0.15, 0.2) is 41.3 Å². The molecule has 0 aliphatic carbocycles. The van der Waals surface area contributed by atoms with E-state index < -0.39 is 10.0 Å². The van der Waals surface area contributed by atoms with E-state index in [9.17, 15) is 8.42 Å². The maximum atomic E-state index is 12.5. The molecule has 2 aromatic rings. The SMILES string of the molecule is COc1cc(C)c(Cl)cc1NS(=O)(=O)c1ccccc1C#N. The van der Waals surface area contributed by atoms with Gasteiger partial charge in [0.05, 0.1) is 18.4 Å². The lowest BCUT2D eigenvalue weighted by molar-refractivity contribution is 0.416. The quantitative estimate of drug-likeness (QED) is 0.928. The van der Waals surface area contributed by atoms with Crippen LogP contribution in [0.4, 0.5) is 5.69 Å². The standard InChI is InChI=1S/C15H13ClN2O3S/c1-10-7-14(21-2)13(8-12(10)16)18-22(19,20)15-6-4-3-5-11(15)9-17/h3-8,18H,1-2H3. The van der Waals surface area contributed by atoms with Crippen molar-refractivity contribution in [2.45, 2.75) is 11.8 Å². The Bertz CT molecular complexity index is 858. The fourth-order valence-electron chi connectivity index (χ4n) is 1.90. The molecule has 2 rings (SSSR count). The van der Waals surface area contributed by atoms with Crippen molar-refractivity contribution in [3.63, 3.8) is 0 Å². The van der Waals surface area contributed by atoms with E-state index in [-0.39, 0.29) is 16.1 Å². The van der Waals surface area contributed by atoms with Crippen LogP contribution in [0, 0.1) is 18.3 Å². The molecule has 0 unspecified atom stereocenters. The van der Waals surface area contributed by atoms with Gasteiger partial charge in [-0.2, -0.15) is 5.26 Å². The van der Waals surface area contributed by atoms with Gasteiger partial charge in [-0.1, -0.05) is 23.7 Å². The van der Waals surface area contributed by atoms with Crippen molar-refractivity contribution in [2.75, 3.05) is 11.8 Å². The van der Waals surface area contributed by atoms with Gasteiger partial charge in [-0.3, -0.25) is 4.72 Å². The fraction of sp³-hybridized carbons (Fsp3) is 0.133. The van der Waals surface area contributed by atoms with Gasteiger partial charge in [0.2, 0.25) is 0 Å². The van der Waals surface area contributed by atoms with Crippen LogP contribution >= 0.6 is 11.6 Å². The molecule has 0 spiro atoms. The number of halogens is 1. The molecule has 114 valence electrons. The molecule has 0 aliphatic heterocycles. The van der Waals surface area contributed by atoms with Crippen molar-refractivity contribution >= 4 is 27.3 Å². The molecule has 0 radical (unpaired) electrons. The maximum absolute atomic E-state index is 12.5. The highest BCUT2D eigenvalue weighted by Crippen LogP contribution is 2.32. The summed E-state index contributed by atoms with van der Waals surface area (Å²) in [5.74, 6) is 0.347. The van der Waals surface area contributed by atoms with Gasteiger partial charge < -0.3 is 4.74 Å². The average molecular weight is 337 g/mol. The molecule has 0 saturated carbocycles. The lowest BCUT2D eigenvalue weighted by Gasteiger charge is -2.14. The van der Waals surface area contributed by atoms with E-state index in [4.69, 9.17) is 21.6 Å². The second kappa shape index (κ2) is 6.26. The first-order chi connectivity index (χ1) is 10.4. The Kier molecular flexibility index (Phi) is 4.59. The molecule has 0 fully saturated rings. The van der Waals surface area contributed by atoms with Crippen LogP contribution in [0.1, 0.15) is 11.1 Å². The Hall–Kier alpha value is -2.23. The van der Waals surface area contributed by atoms with Gasteiger partial charge in [0.25, 0.3) is 10.0 Å². The van der Waals surface area contributed by atoms with Crippen molar-refractivity contribution in [3.05, 3.63) is 52.5 Å². The van der Waals surface area contributed by atoms with Crippen LogP contribution in [0.2, 0.25) is 5.02 Å². The van der Waals surface area contributed by atoms with Gasteiger partial charge in [0.1, 0.15) is 16.7 Å². The minimum absolute atomic E-state index is 0.0622. The first-order valence-corrected chi connectivity index (χ1v) is 8.11. The Labute approximate surface area is 134 Å². The predicted molar refractivity (Wildman–Crippen MR) is 84.7 cm³/mol. The zero-order valence-electron chi connectivity index (χ0n) is 11.9. The summed E-state index contributed by atoms with van der Waals surface area (Å²) in [6.45, 7) is 1.79. The summed E-state index contributed by atoms with van der Waals surface area (Å²) in [6, 6.07) is 10.9. The predicted octanol–water partition coefficient (Wildman–Crippen LogP) is 3.33. The maximum Gasteiger partial charge on any atom is 0.263 e.